The molecule has 0 aromatic heterocycles. The topological polar surface area (TPSA) is 364 Å². The minimum absolute atomic E-state index is 0.0153. The number of allylic oxidation sites excluding steroid dienone is 6. The second-order valence-electron chi connectivity index (χ2n) is 20.4. The van der Waals surface area contributed by atoms with Crippen LogP contribution in [0.3, 0.4) is 0 Å². The van der Waals surface area contributed by atoms with Crippen LogP contribution in [0.1, 0.15) is 82.1 Å². The van der Waals surface area contributed by atoms with E-state index in [0.717, 1.165) is 17.7 Å². The number of hydrogen-bond acceptors (Lipinski definition) is 15. The van der Waals surface area contributed by atoms with Crippen molar-refractivity contribution in [3.63, 3.8) is 0 Å². The summed E-state index contributed by atoms with van der Waals surface area (Å²) < 4.78 is 214. The molecule has 0 radical (unpaired) electrons. The minimum Gasteiger partial charge on any atom is -0.744 e. The van der Waals surface area contributed by atoms with E-state index < -0.39 is 103 Å². The zero-order valence-corrected chi connectivity index (χ0v) is 48.8. The van der Waals surface area contributed by atoms with Gasteiger partial charge in [0.1, 0.15) is 21.6 Å². The highest BCUT2D eigenvalue weighted by molar-refractivity contribution is 7.87. The number of rotatable bonds is 22. The highest BCUT2D eigenvalue weighted by Crippen LogP contribution is 2.52. The molecule has 0 spiro atoms. The fourth-order valence-electron chi connectivity index (χ4n) is 10.6. The lowest BCUT2D eigenvalue weighted by atomic mass is 9.78. The molecule has 1 amide bonds. The molecule has 5 aromatic rings. The number of benzene rings is 5. The van der Waals surface area contributed by atoms with E-state index in [9.17, 15) is 82.6 Å². The van der Waals surface area contributed by atoms with E-state index in [4.69, 9.17) is 6.42 Å². The van der Waals surface area contributed by atoms with Crippen LogP contribution in [0.2, 0.25) is 0 Å². The van der Waals surface area contributed by atoms with Gasteiger partial charge in [-0.3, -0.25) is 27.6 Å². The Morgan fingerprint density at radius 3 is 1.88 bits per heavy atom. The highest BCUT2D eigenvalue weighted by atomic mass is 32.2. The van der Waals surface area contributed by atoms with Crippen molar-refractivity contribution in [3.05, 3.63) is 125 Å². The van der Waals surface area contributed by atoms with Gasteiger partial charge in [0.25, 0.3) is 50.6 Å². The summed E-state index contributed by atoms with van der Waals surface area (Å²) in [6.45, 7) is 6.70. The fraction of sp³-hybridized carbons (Fsp3) is 0.321. The van der Waals surface area contributed by atoms with Crippen LogP contribution in [0, 0.1) is 12.3 Å². The molecule has 434 valence electrons. The van der Waals surface area contributed by atoms with Crippen LogP contribution >= 0.6 is 0 Å². The summed E-state index contributed by atoms with van der Waals surface area (Å²) in [6, 6.07) is 16.1. The summed E-state index contributed by atoms with van der Waals surface area (Å²) in [4.78, 5) is 10.5. The Hall–Kier alpha value is -6.20. The quantitative estimate of drug-likeness (QED) is 0.0144. The van der Waals surface area contributed by atoms with Crippen LogP contribution in [-0.4, -0.2) is 125 Å². The van der Waals surface area contributed by atoms with Gasteiger partial charge in [-0.15, -0.1) is 6.42 Å². The van der Waals surface area contributed by atoms with Crippen molar-refractivity contribution < 1.29 is 87.2 Å². The van der Waals surface area contributed by atoms with Crippen LogP contribution < -0.4 is 10.2 Å². The lowest BCUT2D eigenvalue weighted by molar-refractivity contribution is -0.437. The molecule has 0 saturated carbocycles. The number of carbonyl (C=O) groups is 1. The lowest BCUT2D eigenvalue weighted by Gasteiger charge is -2.27. The number of carbonyl (C=O) groups excluding carboxylic acids is 1. The van der Waals surface area contributed by atoms with Gasteiger partial charge in [-0.2, -0.15) is 46.7 Å². The van der Waals surface area contributed by atoms with Crippen molar-refractivity contribution in [1.29, 1.82) is 0 Å². The Kier molecular flexibility index (Phi) is 17.6. The number of amides is 1. The molecule has 0 unspecified atom stereocenters. The number of nitrogens with zero attached hydrogens (tertiary/aromatic N) is 2. The molecule has 0 atom stereocenters. The van der Waals surface area contributed by atoms with Crippen molar-refractivity contribution in [3.8, 4) is 12.3 Å². The molecule has 0 aliphatic carbocycles. The SMILES string of the molecule is C#CCNC(=O)CCCCc1cccc(C(=C\C=C2/N(CCCS(=O)(=O)O)c3ccc4c(S(=O)(=O)[O-])cc(S(=O)(=O)O)cc4c3C2(C)C)/C=C/C2=[N+](CCCS(=O)(=O)O)c3ccc4c(S(=O)(=O)O)cc(S(=O)(=O)O)cc4c3C2(C)C)c1. The van der Waals surface area contributed by atoms with Crippen molar-refractivity contribution in [2.75, 3.05) is 36.0 Å². The molecule has 2 aliphatic heterocycles. The van der Waals surface area contributed by atoms with Crippen LogP contribution in [-0.2, 0) is 82.8 Å². The molecule has 22 nitrogen and oxygen atoms in total. The average molecular weight is 1230 g/mol. The van der Waals surface area contributed by atoms with Crippen molar-refractivity contribution in [2.24, 2.45) is 0 Å². The summed E-state index contributed by atoms with van der Waals surface area (Å²) in [6.07, 6.45) is 13.5. The molecule has 2 aliphatic rings. The zero-order valence-electron chi connectivity index (χ0n) is 43.9. The molecule has 6 N–H and O–H groups in total. The van der Waals surface area contributed by atoms with Crippen LogP contribution in [0.15, 0.2) is 122 Å². The van der Waals surface area contributed by atoms with Crippen LogP contribution in [0.4, 0.5) is 11.4 Å². The zero-order chi connectivity index (χ0) is 60.1. The monoisotopic (exact) mass is 1230 g/mol. The number of unbranched alkanes of at least 4 members (excludes halogenated alkanes) is 1. The Morgan fingerprint density at radius 2 is 1.28 bits per heavy atom. The standard InChI is InChI=1S/C53H57N3O19S6/c1-6-24-54-49(57)15-8-7-12-34-13-9-14-36(29-34)35(16-22-47-52(2,3)50-41-30-37(78(64,65)66)32-45(80(70,71)72)39(41)18-20-43(50)55(47)25-10-27-76(58,59)60)17-23-48-53(4,5)51-42-31-38(79(67,68)69)33-46(81(73,74)75)40(42)19-21-44(51)56(48)26-11-28-77(61,62)63/h1,9,13-14,16-23,29-33H,7-8,10-12,15,24-28H2,2-5H3,(H6-,54,57,58,59,60,61,62,63,64,65,66,67,68,69,70,71,72,73,74,75). The molecule has 81 heavy (non-hydrogen) atoms. The average Bonchev–Trinajstić information content (AvgIpc) is 3.43. The van der Waals surface area contributed by atoms with E-state index in [1.807, 2.05) is 12.1 Å². The second-order valence-corrected chi connectivity index (χ2v) is 29.2. The largest absolute Gasteiger partial charge is 0.744 e. The molecular formula is C53H57N3O19S6. The van der Waals surface area contributed by atoms with E-state index in [-0.39, 0.29) is 71.9 Å². The molecule has 28 heteroatoms. The smallest absolute Gasteiger partial charge is 0.295 e. The first-order chi connectivity index (χ1) is 37.3. The predicted octanol–water partition coefficient (Wildman–Crippen LogP) is 6.35. The van der Waals surface area contributed by atoms with Gasteiger partial charge in [0, 0.05) is 59.3 Å². The molecule has 0 fully saturated rings. The Morgan fingerprint density at radius 1 is 0.691 bits per heavy atom. The third kappa shape index (κ3) is 14.0. The first kappa shape index (κ1) is 62.4. The van der Waals surface area contributed by atoms with Gasteiger partial charge < -0.3 is 14.8 Å². The Balaban J connectivity index is 1.48. The highest BCUT2D eigenvalue weighted by Gasteiger charge is 2.47. The van der Waals surface area contributed by atoms with Crippen molar-refractivity contribution in [2.45, 2.75) is 96.6 Å². The van der Waals surface area contributed by atoms with Gasteiger partial charge in [0.05, 0.1) is 38.2 Å². The van der Waals surface area contributed by atoms with Crippen molar-refractivity contribution in [1.82, 2.24) is 5.32 Å². The maximum absolute atomic E-state index is 12.8. The first-order valence-electron chi connectivity index (χ1n) is 24.7. The molecule has 2 heterocycles. The third-order valence-corrected chi connectivity index (χ3v) is 19.2. The number of terminal acetylenes is 1. The molecule has 0 saturated heterocycles. The second kappa shape index (κ2) is 22.9. The lowest BCUT2D eigenvalue weighted by Crippen LogP contribution is -2.28. The Bertz CT molecular complexity index is 4330. The summed E-state index contributed by atoms with van der Waals surface area (Å²) in [5.41, 5.74) is 1.38. The third-order valence-electron chi connectivity index (χ3n) is 14.1. The summed E-state index contributed by atoms with van der Waals surface area (Å²) in [5, 5.41) is 2.26. The maximum Gasteiger partial charge on any atom is 0.295 e. The summed E-state index contributed by atoms with van der Waals surface area (Å²) >= 11 is 0. The van der Waals surface area contributed by atoms with Gasteiger partial charge in [0.15, 0.2) is 5.71 Å². The van der Waals surface area contributed by atoms with E-state index in [1.54, 1.807) is 73.6 Å². The fourth-order valence-corrected chi connectivity index (χ4v) is 14.3. The number of aryl methyl sites for hydroxylation is 1. The van der Waals surface area contributed by atoms with Crippen LogP contribution in [0.25, 0.3) is 27.1 Å². The number of nitrogens with one attached hydrogen (secondary N) is 1. The summed E-state index contributed by atoms with van der Waals surface area (Å²) in [7, 11) is -29.7. The van der Waals surface area contributed by atoms with Gasteiger partial charge >= 0.3 is 0 Å². The van der Waals surface area contributed by atoms with E-state index in [1.165, 1.54) is 24.3 Å². The van der Waals surface area contributed by atoms with Crippen molar-refractivity contribution >= 4 is 111 Å². The van der Waals surface area contributed by atoms with Gasteiger partial charge in [-0.1, -0.05) is 56.2 Å². The van der Waals surface area contributed by atoms with E-state index in [2.05, 4.69) is 11.2 Å². The van der Waals surface area contributed by atoms with Crippen LogP contribution in [0.5, 0.6) is 0 Å². The number of hydrogen-bond donors (Lipinski definition) is 6. The molecular weight excluding hydrogens is 1170 g/mol. The summed E-state index contributed by atoms with van der Waals surface area (Å²) in [5.74, 6) is 0.745. The van der Waals surface area contributed by atoms with E-state index >= 15 is 0 Å². The molecule has 7 rings (SSSR count). The van der Waals surface area contributed by atoms with Gasteiger partial charge in [-0.05, 0) is 127 Å². The normalized spacial score (nSPS) is 16.4. The van der Waals surface area contributed by atoms with Gasteiger partial charge in [-0.25, -0.2) is 8.42 Å². The molecule has 5 aromatic carbocycles. The van der Waals surface area contributed by atoms with Gasteiger partial charge in [0.2, 0.25) is 11.6 Å². The first-order valence-corrected chi connectivity index (χ1v) is 33.6. The number of anilines is 1. The minimum atomic E-state index is -5.38. The Labute approximate surface area is 470 Å². The molecule has 0 bridgehead atoms. The number of fused-ring (bicyclic) bond motifs is 6. The predicted molar refractivity (Wildman–Crippen MR) is 302 cm³/mol. The van der Waals surface area contributed by atoms with E-state index in [0.29, 0.717) is 70.9 Å². The maximum atomic E-state index is 12.8.